The molecule has 0 amide bonds. The van der Waals surface area contributed by atoms with Gasteiger partial charge in [-0.2, -0.15) is 5.10 Å². The van der Waals surface area contributed by atoms with Gasteiger partial charge in [0.25, 0.3) is 0 Å². The normalized spacial score (nSPS) is 24.7. The van der Waals surface area contributed by atoms with Crippen LogP contribution in [0.5, 0.6) is 0 Å². The van der Waals surface area contributed by atoms with E-state index < -0.39 is 12.0 Å². The fraction of sp³-hybridized carbons (Fsp3) is 0.568. The second-order valence-electron chi connectivity index (χ2n) is 13.4. The Morgan fingerprint density at radius 3 is 2.33 bits per heavy atom. The maximum Gasteiger partial charge on any atom is 0.320 e. The molecule has 1 aliphatic heterocycles. The maximum absolute atomic E-state index is 12.3. The van der Waals surface area contributed by atoms with Gasteiger partial charge in [-0.1, -0.05) is 79.9 Å². The van der Waals surface area contributed by atoms with Crippen molar-refractivity contribution in [1.29, 1.82) is 0 Å². The lowest BCUT2D eigenvalue weighted by molar-refractivity contribution is -0.141. The van der Waals surface area contributed by atoms with Crippen LogP contribution >= 0.6 is 0 Å². The number of hydrogen-bond donors (Lipinski definition) is 2. The predicted octanol–water partition coefficient (Wildman–Crippen LogP) is 6.86. The smallest absolute Gasteiger partial charge is 0.320 e. The molecule has 1 aromatic heterocycles. The van der Waals surface area contributed by atoms with Crippen molar-refractivity contribution in [2.75, 3.05) is 19.6 Å². The molecule has 3 aliphatic rings. The minimum absolute atomic E-state index is 0.262. The second-order valence-corrected chi connectivity index (χ2v) is 13.4. The minimum Gasteiger partial charge on any atom is -0.480 e. The highest BCUT2D eigenvalue weighted by atomic mass is 16.4. The Labute approximate surface area is 257 Å². The van der Waals surface area contributed by atoms with Gasteiger partial charge in [-0.15, -0.1) is 0 Å². The van der Waals surface area contributed by atoms with Crippen molar-refractivity contribution < 1.29 is 9.90 Å². The quantitative estimate of drug-likeness (QED) is 0.259. The molecule has 43 heavy (non-hydrogen) atoms. The van der Waals surface area contributed by atoms with Crippen molar-refractivity contribution >= 4 is 5.97 Å². The van der Waals surface area contributed by atoms with Gasteiger partial charge in [0.15, 0.2) is 0 Å². The van der Waals surface area contributed by atoms with Gasteiger partial charge in [-0.05, 0) is 93.5 Å². The molecule has 4 unspecified atom stereocenters. The molecule has 2 aliphatic carbocycles. The van der Waals surface area contributed by atoms with E-state index in [0.717, 1.165) is 58.3 Å². The number of nitrogens with zero attached hydrogens (tertiary/aromatic N) is 3. The highest BCUT2D eigenvalue weighted by Gasteiger charge is 2.40. The van der Waals surface area contributed by atoms with Crippen LogP contribution in [0.4, 0.5) is 0 Å². The van der Waals surface area contributed by atoms with E-state index in [-0.39, 0.29) is 12.0 Å². The van der Waals surface area contributed by atoms with E-state index >= 15 is 0 Å². The first kappa shape index (κ1) is 30.1. The van der Waals surface area contributed by atoms with Crippen molar-refractivity contribution in [2.45, 2.75) is 102 Å². The summed E-state index contributed by atoms with van der Waals surface area (Å²) in [5, 5.41) is 18.8. The molecular weight excluding hydrogens is 532 g/mol. The highest BCUT2D eigenvalue weighted by Crippen LogP contribution is 2.42. The number of piperidine rings is 1. The number of aryl methyl sites for hydroxylation is 1. The Hall–Kier alpha value is -2.96. The van der Waals surface area contributed by atoms with E-state index in [1.807, 2.05) is 0 Å². The van der Waals surface area contributed by atoms with Crippen molar-refractivity contribution in [3.05, 3.63) is 89.2 Å². The van der Waals surface area contributed by atoms with E-state index in [0.29, 0.717) is 17.8 Å². The fourth-order valence-electron chi connectivity index (χ4n) is 8.40. The third-order valence-corrected chi connectivity index (χ3v) is 10.6. The third kappa shape index (κ3) is 7.41. The van der Waals surface area contributed by atoms with E-state index in [9.17, 15) is 9.90 Å². The first-order valence-electron chi connectivity index (χ1n) is 16.9. The van der Waals surface area contributed by atoms with Crippen molar-refractivity contribution in [3.8, 4) is 0 Å². The number of aromatic nitrogens is 2. The lowest BCUT2D eigenvalue weighted by atomic mass is 9.83. The van der Waals surface area contributed by atoms with E-state index in [1.54, 1.807) is 0 Å². The highest BCUT2D eigenvalue weighted by molar-refractivity contribution is 5.74. The van der Waals surface area contributed by atoms with Crippen LogP contribution in [-0.4, -0.2) is 57.5 Å². The zero-order valence-corrected chi connectivity index (χ0v) is 25.9. The number of carboxylic acid groups (broad SMARTS) is 1. The first-order valence-corrected chi connectivity index (χ1v) is 16.9. The van der Waals surface area contributed by atoms with E-state index in [1.165, 1.54) is 54.6 Å². The maximum atomic E-state index is 12.3. The van der Waals surface area contributed by atoms with E-state index in [2.05, 4.69) is 88.6 Å². The number of aliphatic carboxylic acids is 1. The molecule has 2 saturated carbocycles. The molecule has 2 heterocycles. The van der Waals surface area contributed by atoms with Gasteiger partial charge < -0.3 is 15.3 Å². The van der Waals surface area contributed by atoms with Crippen LogP contribution < -0.4 is 5.32 Å². The molecule has 4 atom stereocenters. The molecule has 2 N–H and O–H groups in total. The average molecular weight is 583 g/mol. The summed E-state index contributed by atoms with van der Waals surface area (Å²) in [5.74, 6) is 1.18. The second kappa shape index (κ2) is 14.2. The Kier molecular flexibility index (Phi) is 9.95. The van der Waals surface area contributed by atoms with Gasteiger partial charge in [-0.25, -0.2) is 0 Å². The molecule has 230 valence electrons. The molecule has 1 saturated heterocycles. The van der Waals surface area contributed by atoms with Gasteiger partial charge in [0.2, 0.25) is 0 Å². The summed E-state index contributed by atoms with van der Waals surface area (Å²) < 4.78 is 2.24. The number of benzene rings is 2. The fourth-order valence-corrected chi connectivity index (χ4v) is 8.40. The number of hydrogen-bond acceptors (Lipinski definition) is 4. The molecule has 3 fully saturated rings. The molecule has 2 aromatic carbocycles. The standard InChI is InChI=1S/C37H50N4O2/c1-2-41-35(25-33(39-41)22-27-12-6-3-7-13-27)29-18-20-40(21-19-29)26-31-23-32(24-34(31)28-14-8-4-9-15-28)38-36(37(42)43)30-16-10-5-11-17-30/h3-4,6-9,12-15,25,29-32,34,36,38H,2,5,10-11,16-24,26H2,1H3,(H,42,43). The third-order valence-electron chi connectivity index (χ3n) is 10.6. The van der Waals surface area contributed by atoms with Crippen LogP contribution in [0.3, 0.4) is 0 Å². The SMILES string of the molecule is CCn1nc(Cc2ccccc2)cc1C1CCN(CC2CC(NC(C(=O)O)C3CCCCC3)CC2c2ccccc2)CC1. The van der Waals surface area contributed by atoms with Gasteiger partial charge >= 0.3 is 5.97 Å². The monoisotopic (exact) mass is 582 g/mol. The van der Waals surface area contributed by atoms with E-state index in [4.69, 9.17) is 5.10 Å². The Morgan fingerprint density at radius 1 is 0.953 bits per heavy atom. The Balaban J connectivity index is 1.09. The van der Waals surface area contributed by atoms with Crippen molar-refractivity contribution in [3.63, 3.8) is 0 Å². The molecule has 6 heteroatoms. The van der Waals surface area contributed by atoms with Crippen LogP contribution in [0.2, 0.25) is 0 Å². The van der Waals surface area contributed by atoms with Gasteiger partial charge in [0.1, 0.15) is 6.04 Å². The summed E-state index contributed by atoms with van der Waals surface area (Å²) >= 11 is 0. The summed E-state index contributed by atoms with van der Waals surface area (Å²) in [6.45, 7) is 6.44. The average Bonchev–Trinajstić information content (AvgIpc) is 3.65. The molecule has 0 radical (unpaired) electrons. The number of carbonyl (C=O) groups is 1. The molecule has 0 bridgehead atoms. The molecule has 6 rings (SSSR count). The molecule has 6 nitrogen and oxygen atoms in total. The van der Waals surface area contributed by atoms with Crippen LogP contribution in [0.15, 0.2) is 66.7 Å². The van der Waals surface area contributed by atoms with Crippen molar-refractivity contribution in [2.24, 2.45) is 11.8 Å². The zero-order valence-electron chi connectivity index (χ0n) is 25.9. The van der Waals surface area contributed by atoms with Crippen LogP contribution in [0, 0.1) is 11.8 Å². The zero-order chi connectivity index (χ0) is 29.6. The van der Waals surface area contributed by atoms with Gasteiger partial charge in [0.05, 0.1) is 5.69 Å². The number of likely N-dealkylation sites (tertiary alicyclic amines) is 1. The lowest BCUT2D eigenvalue weighted by Gasteiger charge is -2.35. The number of carboxylic acids is 1. The summed E-state index contributed by atoms with van der Waals surface area (Å²) in [4.78, 5) is 15.0. The Bertz CT molecular complexity index is 1290. The summed E-state index contributed by atoms with van der Waals surface area (Å²) in [5.41, 5.74) is 5.31. The number of rotatable bonds is 11. The first-order chi connectivity index (χ1) is 21.1. The number of nitrogens with one attached hydrogen (secondary N) is 1. The Morgan fingerprint density at radius 2 is 1.65 bits per heavy atom. The minimum atomic E-state index is -0.660. The molecule has 0 spiro atoms. The van der Waals surface area contributed by atoms with Crippen LogP contribution in [-0.2, 0) is 17.8 Å². The van der Waals surface area contributed by atoms with Crippen molar-refractivity contribution in [1.82, 2.24) is 20.0 Å². The van der Waals surface area contributed by atoms with Gasteiger partial charge in [0, 0.05) is 37.2 Å². The van der Waals surface area contributed by atoms with Gasteiger partial charge in [-0.3, -0.25) is 9.48 Å². The largest absolute Gasteiger partial charge is 0.480 e. The topological polar surface area (TPSA) is 70.4 Å². The summed E-state index contributed by atoms with van der Waals surface area (Å²) in [6.07, 6.45) is 11.0. The predicted molar refractivity (Wildman–Crippen MR) is 172 cm³/mol. The lowest BCUT2D eigenvalue weighted by Crippen LogP contribution is -2.48. The summed E-state index contributed by atoms with van der Waals surface area (Å²) in [6, 6.07) is 23.8. The van der Waals surface area contributed by atoms with Crippen LogP contribution in [0.25, 0.3) is 0 Å². The van der Waals surface area contributed by atoms with Crippen LogP contribution in [0.1, 0.15) is 99.1 Å². The molecule has 3 aromatic rings. The summed E-state index contributed by atoms with van der Waals surface area (Å²) in [7, 11) is 0. The molecular formula is C37H50N4O2.